The Bertz CT molecular complexity index is 256. The van der Waals surface area contributed by atoms with Gasteiger partial charge in [-0.1, -0.05) is 0 Å². The van der Waals surface area contributed by atoms with Gasteiger partial charge in [-0.3, -0.25) is 5.84 Å². The average Bonchev–Trinajstić information content (AvgIpc) is 2.74. The van der Waals surface area contributed by atoms with Crippen LogP contribution in [0.25, 0.3) is 0 Å². The van der Waals surface area contributed by atoms with Crippen LogP contribution in [0.2, 0.25) is 0 Å². The molecule has 5 nitrogen and oxygen atoms in total. The SMILES string of the molecule is NNC(c1ncc[nH]1)C1CCOCC1. The molecule has 0 saturated carbocycles. The minimum absolute atomic E-state index is 0.119. The van der Waals surface area contributed by atoms with E-state index in [0.29, 0.717) is 5.92 Å². The van der Waals surface area contributed by atoms with Gasteiger partial charge in [0.05, 0.1) is 6.04 Å². The summed E-state index contributed by atoms with van der Waals surface area (Å²) in [6.45, 7) is 1.65. The van der Waals surface area contributed by atoms with Crippen LogP contribution in [-0.4, -0.2) is 23.2 Å². The molecule has 2 heterocycles. The number of hydrogen-bond donors (Lipinski definition) is 3. The van der Waals surface area contributed by atoms with Gasteiger partial charge in [0, 0.05) is 25.6 Å². The Balaban J connectivity index is 2.04. The Hall–Kier alpha value is -0.910. The van der Waals surface area contributed by atoms with Crippen molar-refractivity contribution in [2.75, 3.05) is 13.2 Å². The van der Waals surface area contributed by atoms with Crippen LogP contribution in [0.5, 0.6) is 0 Å². The molecular formula is C9H16N4O. The maximum atomic E-state index is 5.54. The third-order valence-electron chi connectivity index (χ3n) is 2.73. The highest BCUT2D eigenvalue weighted by Gasteiger charge is 2.25. The van der Waals surface area contributed by atoms with Crippen molar-refractivity contribution in [3.63, 3.8) is 0 Å². The normalized spacial score (nSPS) is 20.9. The van der Waals surface area contributed by atoms with E-state index in [1.54, 1.807) is 6.20 Å². The molecule has 1 aromatic heterocycles. The van der Waals surface area contributed by atoms with Crippen LogP contribution >= 0.6 is 0 Å². The summed E-state index contributed by atoms with van der Waals surface area (Å²) in [5.74, 6) is 6.97. The average molecular weight is 196 g/mol. The van der Waals surface area contributed by atoms with Gasteiger partial charge in [0.25, 0.3) is 0 Å². The minimum atomic E-state index is 0.119. The van der Waals surface area contributed by atoms with E-state index in [1.165, 1.54) is 0 Å². The molecule has 14 heavy (non-hydrogen) atoms. The molecule has 4 N–H and O–H groups in total. The minimum Gasteiger partial charge on any atom is -0.381 e. The second kappa shape index (κ2) is 4.54. The molecule has 1 atom stereocenters. The largest absolute Gasteiger partial charge is 0.381 e. The predicted molar refractivity (Wildman–Crippen MR) is 52.2 cm³/mol. The van der Waals surface area contributed by atoms with E-state index in [0.717, 1.165) is 31.9 Å². The standard InChI is InChI=1S/C9H16N4O/c10-13-8(9-11-3-4-12-9)7-1-5-14-6-2-7/h3-4,7-8,13H,1-2,5-6,10H2,(H,11,12). The van der Waals surface area contributed by atoms with Gasteiger partial charge in [0.15, 0.2) is 0 Å². The van der Waals surface area contributed by atoms with Crippen molar-refractivity contribution < 1.29 is 4.74 Å². The summed E-state index contributed by atoms with van der Waals surface area (Å²) >= 11 is 0. The maximum absolute atomic E-state index is 5.54. The molecule has 1 aliphatic heterocycles. The van der Waals surface area contributed by atoms with E-state index in [1.807, 2.05) is 6.20 Å². The third kappa shape index (κ3) is 1.95. The van der Waals surface area contributed by atoms with Gasteiger partial charge in [0.2, 0.25) is 0 Å². The molecular weight excluding hydrogens is 180 g/mol. The molecule has 78 valence electrons. The molecule has 5 heteroatoms. The van der Waals surface area contributed by atoms with Gasteiger partial charge in [-0.25, -0.2) is 10.4 Å². The van der Waals surface area contributed by atoms with Crippen LogP contribution < -0.4 is 11.3 Å². The van der Waals surface area contributed by atoms with E-state index >= 15 is 0 Å². The van der Waals surface area contributed by atoms with Gasteiger partial charge in [0.1, 0.15) is 5.82 Å². The Kier molecular flexibility index (Phi) is 3.13. The zero-order chi connectivity index (χ0) is 9.80. The number of H-pyrrole nitrogens is 1. The Morgan fingerprint density at radius 2 is 2.36 bits per heavy atom. The summed E-state index contributed by atoms with van der Waals surface area (Å²) in [4.78, 5) is 7.31. The number of ether oxygens (including phenoxy) is 1. The van der Waals surface area contributed by atoms with Crippen molar-refractivity contribution in [3.05, 3.63) is 18.2 Å². The fourth-order valence-corrected chi connectivity index (χ4v) is 1.93. The first-order valence-corrected chi connectivity index (χ1v) is 4.95. The number of hydrazine groups is 1. The molecule has 1 saturated heterocycles. The van der Waals surface area contributed by atoms with Crippen molar-refractivity contribution in [3.8, 4) is 0 Å². The van der Waals surface area contributed by atoms with Crippen LogP contribution in [0, 0.1) is 5.92 Å². The second-order valence-electron chi connectivity index (χ2n) is 3.57. The highest BCUT2D eigenvalue weighted by atomic mass is 16.5. The van der Waals surface area contributed by atoms with Crippen LogP contribution in [0.4, 0.5) is 0 Å². The lowest BCUT2D eigenvalue weighted by atomic mass is 9.92. The van der Waals surface area contributed by atoms with E-state index in [2.05, 4.69) is 15.4 Å². The Labute approximate surface area is 83.0 Å². The van der Waals surface area contributed by atoms with E-state index in [-0.39, 0.29) is 6.04 Å². The van der Waals surface area contributed by atoms with Gasteiger partial charge in [-0.15, -0.1) is 0 Å². The molecule has 1 aromatic rings. The molecule has 0 radical (unpaired) electrons. The highest BCUT2D eigenvalue weighted by molar-refractivity contribution is 4.98. The number of imidazole rings is 1. The van der Waals surface area contributed by atoms with Crippen LogP contribution in [0.15, 0.2) is 12.4 Å². The molecule has 1 aliphatic rings. The highest BCUT2D eigenvalue weighted by Crippen LogP contribution is 2.27. The number of nitrogens with one attached hydrogen (secondary N) is 2. The molecule has 0 aromatic carbocycles. The predicted octanol–water partition coefficient (Wildman–Crippen LogP) is 0.341. The smallest absolute Gasteiger partial charge is 0.124 e. The molecule has 0 bridgehead atoms. The molecule has 0 spiro atoms. The number of nitrogens with two attached hydrogens (primary N) is 1. The zero-order valence-electron chi connectivity index (χ0n) is 8.07. The van der Waals surface area contributed by atoms with Gasteiger partial charge in [-0.2, -0.15) is 0 Å². The second-order valence-corrected chi connectivity index (χ2v) is 3.57. The quantitative estimate of drug-likeness (QED) is 0.481. The van der Waals surface area contributed by atoms with Gasteiger partial charge in [-0.05, 0) is 18.8 Å². The van der Waals surface area contributed by atoms with Gasteiger partial charge >= 0.3 is 0 Å². The van der Waals surface area contributed by atoms with Crippen LogP contribution in [0.3, 0.4) is 0 Å². The number of nitrogens with zero attached hydrogens (tertiary/aromatic N) is 1. The monoisotopic (exact) mass is 196 g/mol. The lowest BCUT2D eigenvalue weighted by Crippen LogP contribution is -2.36. The van der Waals surface area contributed by atoms with Crippen molar-refractivity contribution in [1.82, 2.24) is 15.4 Å². The summed E-state index contributed by atoms with van der Waals surface area (Å²) in [5, 5.41) is 0. The molecule has 0 aliphatic carbocycles. The summed E-state index contributed by atoms with van der Waals surface area (Å²) in [6.07, 6.45) is 5.64. The molecule has 0 amide bonds. The Morgan fingerprint density at radius 3 is 2.93 bits per heavy atom. The lowest BCUT2D eigenvalue weighted by Gasteiger charge is -2.28. The number of aromatic nitrogens is 2. The maximum Gasteiger partial charge on any atom is 0.124 e. The fourth-order valence-electron chi connectivity index (χ4n) is 1.93. The number of hydrogen-bond acceptors (Lipinski definition) is 4. The van der Waals surface area contributed by atoms with Crippen molar-refractivity contribution >= 4 is 0 Å². The van der Waals surface area contributed by atoms with Crippen molar-refractivity contribution in [2.24, 2.45) is 11.8 Å². The first kappa shape index (κ1) is 9.64. The zero-order valence-corrected chi connectivity index (χ0v) is 8.07. The summed E-state index contributed by atoms with van der Waals surface area (Å²) in [7, 11) is 0. The first-order chi connectivity index (χ1) is 6.92. The van der Waals surface area contributed by atoms with E-state index in [9.17, 15) is 0 Å². The number of rotatable bonds is 3. The fraction of sp³-hybridized carbons (Fsp3) is 0.667. The molecule has 1 fully saturated rings. The van der Waals surface area contributed by atoms with Crippen molar-refractivity contribution in [2.45, 2.75) is 18.9 Å². The van der Waals surface area contributed by atoms with Crippen LogP contribution in [0.1, 0.15) is 24.7 Å². The summed E-state index contributed by atoms with van der Waals surface area (Å²) in [5.41, 5.74) is 2.82. The molecule has 1 unspecified atom stereocenters. The van der Waals surface area contributed by atoms with Crippen LogP contribution in [-0.2, 0) is 4.74 Å². The Morgan fingerprint density at radius 1 is 1.57 bits per heavy atom. The van der Waals surface area contributed by atoms with E-state index < -0.39 is 0 Å². The van der Waals surface area contributed by atoms with Crippen molar-refractivity contribution in [1.29, 1.82) is 0 Å². The summed E-state index contributed by atoms with van der Waals surface area (Å²) in [6, 6.07) is 0.119. The first-order valence-electron chi connectivity index (χ1n) is 4.95. The number of aromatic amines is 1. The molecule has 2 rings (SSSR count). The van der Waals surface area contributed by atoms with E-state index in [4.69, 9.17) is 10.6 Å². The van der Waals surface area contributed by atoms with Gasteiger partial charge < -0.3 is 9.72 Å². The lowest BCUT2D eigenvalue weighted by molar-refractivity contribution is 0.0526. The topological polar surface area (TPSA) is 76.0 Å². The summed E-state index contributed by atoms with van der Waals surface area (Å²) < 4.78 is 5.31. The third-order valence-corrected chi connectivity index (χ3v) is 2.73.